The van der Waals surface area contributed by atoms with Crippen molar-refractivity contribution in [1.82, 2.24) is 5.32 Å². The van der Waals surface area contributed by atoms with Crippen molar-refractivity contribution >= 4 is 33.0 Å². The summed E-state index contributed by atoms with van der Waals surface area (Å²) in [6, 6.07) is 10.3. The van der Waals surface area contributed by atoms with Gasteiger partial charge in [0.15, 0.2) is 0 Å². The molecule has 1 aliphatic rings. The van der Waals surface area contributed by atoms with Gasteiger partial charge >= 0.3 is 0 Å². The fourth-order valence-corrected chi connectivity index (χ4v) is 4.74. The Morgan fingerprint density at radius 3 is 2.52 bits per heavy atom. The van der Waals surface area contributed by atoms with Crippen LogP contribution in [0.25, 0.3) is 0 Å². The smallest absolute Gasteiger partial charge is 0.271 e. The molecule has 0 spiro atoms. The predicted octanol–water partition coefficient (Wildman–Crippen LogP) is 2.34. The molecule has 1 fully saturated rings. The lowest BCUT2D eigenvalue weighted by atomic mass is 9.95. The molecule has 1 heterocycles. The van der Waals surface area contributed by atoms with Crippen molar-refractivity contribution in [2.24, 2.45) is 0 Å². The van der Waals surface area contributed by atoms with E-state index in [1.54, 1.807) is 36.8 Å². The Hall–Kier alpha value is -1.90. The van der Waals surface area contributed by atoms with Gasteiger partial charge in [0.25, 0.3) is 10.0 Å². The monoisotopic (exact) mass is 380 g/mol. The minimum Gasteiger partial charge on any atom is -0.383 e. The third-order valence-corrected chi connectivity index (χ3v) is 7.00. The van der Waals surface area contributed by atoms with E-state index in [4.69, 9.17) is 4.74 Å². The van der Waals surface area contributed by atoms with E-state index >= 15 is 0 Å². The molecular weight excluding hydrogens is 360 g/mol. The van der Waals surface area contributed by atoms with E-state index in [-0.39, 0.29) is 10.1 Å². The van der Waals surface area contributed by atoms with Crippen LogP contribution in [0.4, 0.5) is 5.69 Å². The number of amides is 1. The van der Waals surface area contributed by atoms with Crippen molar-refractivity contribution in [2.75, 3.05) is 25.0 Å². The number of ether oxygens (including phenoxy) is 1. The maximum Gasteiger partial charge on any atom is 0.271 e. The highest BCUT2D eigenvalue weighted by molar-refractivity contribution is 7.94. The second-order valence-corrected chi connectivity index (χ2v) is 8.80. The maximum absolute atomic E-state index is 12.4. The van der Waals surface area contributed by atoms with E-state index in [9.17, 15) is 13.2 Å². The molecule has 1 aromatic heterocycles. The number of carbonyl (C=O) groups is 1. The highest BCUT2D eigenvalue weighted by Gasteiger charge is 2.51. The van der Waals surface area contributed by atoms with E-state index in [0.29, 0.717) is 18.8 Å². The SMILES string of the molecule is COCCNC(=O)C1(c2ccc(NS(=O)(=O)c3cccs3)cc2)CC1. The highest BCUT2D eigenvalue weighted by atomic mass is 32.2. The lowest BCUT2D eigenvalue weighted by Crippen LogP contribution is -2.36. The fraction of sp³-hybridized carbons (Fsp3) is 0.353. The molecule has 0 unspecified atom stereocenters. The summed E-state index contributed by atoms with van der Waals surface area (Å²) in [5, 5.41) is 4.60. The number of thiophene rings is 1. The summed E-state index contributed by atoms with van der Waals surface area (Å²) in [4.78, 5) is 12.4. The average molecular weight is 380 g/mol. The van der Waals surface area contributed by atoms with Gasteiger partial charge in [0.1, 0.15) is 4.21 Å². The van der Waals surface area contributed by atoms with Gasteiger partial charge < -0.3 is 10.1 Å². The zero-order valence-electron chi connectivity index (χ0n) is 13.8. The molecule has 1 saturated carbocycles. The Kier molecular flexibility index (Phi) is 5.12. The zero-order valence-corrected chi connectivity index (χ0v) is 15.5. The zero-order chi connectivity index (χ0) is 17.9. The van der Waals surface area contributed by atoms with Crippen molar-refractivity contribution in [3.05, 3.63) is 47.3 Å². The molecular formula is C17H20N2O4S2. The molecule has 0 bridgehead atoms. The standard InChI is InChI=1S/C17H20N2O4S2/c1-23-11-10-18-16(20)17(8-9-17)13-4-6-14(7-5-13)19-25(21,22)15-3-2-12-24-15/h2-7,12,19H,8-11H2,1H3,(H,18,20). The molecule has 0 radical (unpaired) electrons. The molecule has 3 rings (SSSR count). The van der Waals surface area contributed by atoms with Crippen LogP contribution in [0.3, 0.4) is 0 Å². The molecule has 8 heteroatoms. The van der Waals surface area contributed by atoms with Crippen LogP contribution in [0.2, 0.25) is 0 Å². The van der Waals surface area contributed by atoms with Gasteiger partial charge in [-0.15, -0.1) is 11.3 Å². The van der Waals surface area contributed by atoms with Crippen LogP contribution >= 0.6 is 11.3 Å². The Labute approximate surface area is 151 Å². The van der Waals surface area contributed by atoms with E-state index < -0.39 is 15.4 Å². The number of methoxy groups -OCH3 is 1. The van der Waals surface area contributed by atoms with Crippen LogP contribution in [0.1, 0.15) is 18.4 Å². The fourth-order valence-electron chi connectivity index (χ4n) is 2.69. The van der Waals surface area contributed by atoms with Crippen molar-refractivity contribution in [3.63, 3.8) is 0 Å². The first-order chi connectivity index (χ1) is 12.0. The first-order valence-corrected chi connectivity index (χ1v) is 10.3. The van der Waals surface area contributed by atoms with E-state index in [1.807, 2.05) is 12.1 Å². The van der Waals surface area contributed by atoms with E-state index in [0.717, 1.165) is 18.4 Å². The van der Waals surface area contributed by atoms with E-state index in [2.05, 4.69) is 10.0 Å². The van der Waals surface area contributed by atoms with Crippen LogP contribution in [0, 0.1) is 0 Å². The second kappa shape index (κ2) is 7.15. The number of carbonyl (C=O) groups excluding carboxylic acids is 1. The molecule has 1 aliphatic carbocycles. The first kappa shape index (κ1) is 17.9. The third-order valence-electron chi connectivity index (χ3n) is 4.23. The molecule has 0 aliphatic heterocycles. The Bertz CT molecular complexity index is 826. The first-order valence-electron chi connectivity index (χ1n) is 7.92. The summed E-state index contributed by atoms with van der Waals surface area (Å²) in [6.45, 7) is 0.959. The van der Waals surface area contributed by atoms with Crippen molar-refractivity contribution in [3.8, 4) is 0 Å². The molecule has 25 heavy (non-hydrogen) atoms. The number of hydrogen-bond donors (Lipinski definition) is 2. The number of sulfonamides is 1. The highest BCUT2D eigenvalue weighted by Crippen LogP contribution is 2.48. The van der Waals surface area contributed by atoms with Crippen LogP contribution in [-0.4, -0.2) is 34.6 Å². The summed E-state index contributed by atoms with van der Waals surface area (Å²) in [6.07, 6.45) is 1.60. The summed E-state index contributed by atoms with van der Waals surface area (Å²) in [5.74, 6) is -0.00327. The van der Waals surface area contributed by atoms with Gasteiger partial charge in [0.2, 0.25) is 5.91 Å². The number of nitrogens with one attached hydrogen (secondary N) is 2. The Balaban J connectivity index is 1.69. The summed E-state index contributed by atoms with van der Waals surface area (Å²) in [7, 11) is -1.97. The van der Waals surface area contributed by atoms with Gasteiger partial charge in [0, 0.05) is 19.3 Å². The quantitative estimate of drug-likeness (QED) is 0.689. The minimum absolute atomic E-state index is 0.00327. The number of benzene rings is 1. The van der Waals surface area contributed by atoms with Gasteiger partial charge in [-0.1, -0.05) is 18.2 Å². The molecule has 134 valence electrons. The molecule has 1 aromatic carbocycles. The van der Waals surface area contributed by atoms with Crippen molar-refractivity contribution < 1.29 is 17.9 Å². The van der Waals surface area contributed by atoms with Gasteiger partial charge in [-0.25, -0.2) is 8.42 Å². The summed E-state index contributed by atoms with van der Waals surface area (Å²) in [5.41, 5.74) is 0.896. The van der Waals surface area contributed by atoms with Crippen LogP contribution in [0.15, 0.2) is 46.0 Å². The normalized spacial score (nSPS) is 15.6. The van der Waals surface area contributed by atoms with Crippen molar-refractivity contribution in [1.29, 1.82) is 0 Å². The van der Waals surface area contributed by atoms with Gasteiger partial charge in [-0.2, -0.15) is 0 Å². The molecule has 0 atom stereocenters. The van der Waals surface area contributed by atoms with Crippen LogP contribution in [-0.2, 0) is 25.0 Å². The average Bonchev–Trinajstić information content (AvgIpc) is 3.20. The lowest BCUT2D eigenvalue weighted by Gasteiger charge is -2.16. The lowest BCUT2D eigenvalue weighted by molar-refractivity contribution is -0.123. The Morgan fingerprint density at radius 2 is 1.96 bits per heavy atom. The van der Waals surface area contributed by atoms with Crippen LogP contribution < -0.4 is 10.0 Å². The second-order valence-electron chi connectivity index (χ2n) is 5.95. The number of anilines is 1. The predicted molar refractivity (Wildman–Crippen MR) is 97.4 cm³/mol. The number of rotatable bonds is 8. The number of hydrogen-bond acceptors (Lipinski definition) is 5. The molecule has 0 saturated heterocycles. The van der Waals surface area contributed by atoms with Crippen molar-refractivity contribution in [2.45, 2.75) is 22.5 Å². The third kappa shape index (κ3) is 3.86. The van der Waals surface area contributed by atoms with Gasteiger partial charge in [-0.05, 0) is 42.0 Å². The maximum atomic E-state index is 12.4. The molecule has 6 nitrogen and oxygen atoms in total. The molecule has 1 amide bonds. The van der Waals surface area contributed by atoms with Gasteiger partial charge in [0.05, 0.1) is 12.0 Å². The van der Waals surface area contributed by atoms with Gasteiger partial charge in [-0.3, -0.25) is 9.52 Å². The van der Waals surface area contributed by atoms with E-state index in [1.165, 1.54) is 11.3 Å². The summed E-state index contributed by atoms with van der Waals surface area (Å²) < 4.78 is 32.2. The topological polar surface area (TPSA) is 84.5 Å². The largest absolute Gasteiger partial charge is 0.383 e. The minimum atomic E-state index is -3.56. The summed E-state index contributed by atoms with van der Waals surface area (Å²) >= 11 is 1.17. The molecule has 2 aromatic rings. The molecule has 2 N–H and O–H groups in total. The Morgan fingerprint density at radius 1 is 1.24 bits per heavy atom. The van der Waals surface area contributed by atoms with Crippen LogP contribution in [0.5, 0.6) is 0 Å².